The van der Waals surface area contributed by atoms with Gasteiger partial charge in [-0.15, -0.1) is 0 Å². The van der Waals surface area contributed by atoms with Crippen molar-refractivity contribution in [2.75, 3.05) is 6.61 Å². The molecule has 1 saturated heterocycles. The van der Waals surface area contributed by atoms with Gasteiger partial charge in [-0.1, -0.05) is 18.2 Å². The molecule has 0 aliphatic carbocycles. The van der Waals surface area contributed by atoms with Crippen LogP contribution in [0.15, 0.2) is 23.7 Å². The van der Waals surface area contributed by atoms with Gasteiger partial charge in [0.1, 0.15) is 0 Å². The standard InChI is InChI=1S/C15H19BF2O3/c1-14(2)15(3,4)21-16(20-14)11(9-19)8-10-6-5-7-12(17)13(10)18/h5-8,19H,9H2,1-4H3. The molecule has 0 atom stereocenters. The molecule has 0 bridgehead atoms. The first kappa shape index (κ1) is 16.1. The Hall–Kier alpha value is -1.24. The van der Waals surface area contributed by atoms with Gasteiger partial charge in [0, 0.05) is 5.56 Å². The Morgan fingerprint density at radius 2 is 1.76 bits per heavy atom. The summed E-state index contributed by atoms with van der Waals surface area (Å²) in [6.45, 7) is 7.15. The monoisotopic (exact) mass is 296 g/mol. The molecule has 0 saturated carbocycles. The van der Waals surface area contributed by atoms with E-state index in [0.29, 0.717) is 5.47 Å². The summed E-state index contributed by atoms with van der Waals surface area (Å²) in [6, 6.07) is 3.88. The van der Waals surface area contributed by atoms with Crippen LogP contribution in [0, 0.1) is 11.6 Å². The lowest BCUT2D eigenvalue weighted by Gasteiger charge is -2.32. The van der Waals surface area contributed by atoms with Crippen LogP contribution in [0.5, 0.6) is 0 Å². The van der Waals surface area contributed by atoms with Crippen LogP contribution in [0.1, 0.15) is 33.3 Å². The van der Waals surface area contributed by atoms with Crippen molar-refractivity contribution in [3.63, 3.8) is 0 Å². The van der Waals surface area contributed by atoms with E-state index in [1.54, 1.807) is 0 Å². The molecule has 0 radical (unpaired) electrons. The molecule has 0 spiro atoms. The lowest BCUT2D eigenvalue weighted by atomic mass is 9.77. The van der Waals surface area contributed by atoms with E-state index in [1.807, 2.05) is 27.7 Å². The molecule has 1 aliphatic heterocycles. The fourth-order valence-electron chi connectivity index (χ4n) is 2.01. The molecule has 1 heterocycles. The van der Waals surface area contributed by atoms with Crippen LogP contribution >= 0.6 is 0 Å². The SMILES string of the molecule is CC1(C)OB(C(=Cc2cccc(F)c2F)CO)OC1(C)C. The minimum Gasteiger partial charge on any atom is -0.400 e. The predicted molar refractivity (Wildman–Crippen MR) is 77.5 cm³/mol. The quantitative estimate of drug-likeness (QED) is 0.872. The fraction of sp³-hybridized carbons (Fsp3) is 0.467. The first-order chi connectivity index (χ1) is 9.68. The van der Waals surface area contributed by atoms with Gasteiger partial charge in [0.25, 0.3) is 0 Å². The van der Waals surface area contributed by atoms with E-state index in [-0.39, 0.29) is 12.2 Å². The fourth-order valence-corrected chi connectivity index (χ4v) is 2.01. The van der Waals surface area contributed by atoms with Gasteiger partial charge in [0.2, 0.25) is 0 Å². The Morgan fingerprint density at radius 3 is 2.29 bits per heavy atom. The second-order valence-electron chi connectivity index (χ2n) is 6.11. The van der Waals surface area contributed by atoms with Crippen molar-refractivity contribution in [3.8, 4) is 0 Å². The van der Waals surface area contributed by atoms with Crippen molar-refractivity contribution >= 4 is 13.2 Å². The number of rotatable bonds is 3. The zero-order chi connectivity index (χ0) is 15.8. The Kier molecular flexibility index (Phi) is 4.24. The zero-order valence-corrected chi connectivity index (χ0v) is 12.6. The van der Waals surface area contributed by atoms with Crippen molar-refractivity contribution in [1.82, 2.24) is 0 Å². The zero-order valence-electron chi connectivity index (χ0n) is 12.6. The summed E-state index contributed by atoms with van der Waals surface area (Å²) in [7, 11) is -0.789. The van der Waals surface area contributed by atoms with E-state index in [9.17, 15) is 13.9 Å². The summed E-state index contributed by atoms with van der Waals surface area (Å²) in [5.41, 5.74) is -0.731. The molecule has 1 N–H and O–H groups in total. The average Bonchev–Trinajstić information content (AvgIpc) is 2.60. The number of aliphatic hydroxyl groups is 1. The van der Waals surface area contributed by atoms with Gasteiger partial charge < -0.3 is 14.4 Å². The molecule has 114 valence electrons. The Morgan fingerprint density at radius 1 is 1.19 bits per heavy atom. The molecular weight excluding hydrogens is 277 g/mol. The highest BCUT2D eigenvalue weighted by Crippen LogP contribution is 2.38. The van der Waals surface area contributed by atoms with Crippen LogP contribution in [0.3, 0.4) is 0 Å². The third-order valence-electron chi connectivity index (χ3n) is 4.06. The lowest BCUT2D eigenvalue weighted by Crippen LogP contribution is -2.41. The van der Waals surface area contributed by atoms with Crippen LogP contribution in [0.2, 0.25) is 0 Å². The smallest absolute Gasteiger partial charge is 0.400 e. The van der Waals surface area contributed by atoms with E-state index in [2.05, 4.69) is 0 Å². The van der Waals surface area contributed by atoms with Gasteiger partial charge in [-0.05, 0) is 39.2 Å². The molecule has 1 aromatic rings. The molecule has 1 aliphatic rings. The summed E-state index contributed by atoms with van der Waals surface area (Å²) in [6.07, 6.45) is 1.36. The molecular formula is C15H19BF2O3. The van der Waals surface area contributed by atoms with Gasteiger partial charge in [0.15, 0.2) is 11.6 Å². The topological polar surface area (TPSA) is 38.7 Å². The first-order valence-corrected chi connectivity index (χ1v) is 6.79. The van der Waals surface area contributed by atoms with Crippen molar-refractivity contribution in [2.45, 2.75) is 38.9 Å². The van der Waals surface area contributed by atoms with E-state index in [1.165, 1.54) is 18.2 Å². The summed E-state index contributed by atoms with van der Waals surface area (Å²) >= 11 is 0. The van der Waals surface area contributed by atoms with Crippen LogP contribution in [0.4, 0.5) is 8.78 Å². The van der Waals surface area contributed by atoms with Gasteiger partial charge in [-0.25, -0.2) is 8.78 Å². The molecule has 21 heavy (non-hydrogen) atoms. The predicted octanol–water partition coefficient (Wildman–Crippen LogP) is 2.97. The maximum absolute atomic E-state index is 13.7. The minimum atomic E-state index is -0.958. The Bertz CT molecular complexity index is 554. The first-order valence-electron chi connectivity index (χ1n) is 6.79. The van der Waals surface area contributed by atoms with E-state index in [4.69, 9.17) is 9.31 Å². The van der Waals surface area contributed by atoms with Crippen molar-refractivity contribution < 1.29 is 23.2 Å². The van der Waals surface area contributed by atoms with Crippen molar-refractivity contribution in [1.29, 1.82) is 0 Å². The van der Waals surface area contributed by atoms with Gasteiger partial charge in [-0.2, -0.15) is 0 Å². The summed E-state index contributed by atoms with van der Waals surface area (Å²) in [4.78, 5) is 0. The minimum absolute atomic E-state index is 0.0498. The van der Waals surface area contributed by atoms with Gasteiger partial charge in [-0.3, -0.25) is 0 Å². The third-order valence-corrected chi connectivity index (χ3v) is 4.06. The van der Waals surface area contributed by atoms with Crippen molar-refractivity contribution in [3.05, 3.63) is 40.9 Å². The van der Waals surface area contributed by atoms with Crippen LogP contribution in [0.25, 0.3) is 6.08 Å². The molecule has 2 rings (SSSR count). The number of aliphatic hydroxyl groups excluding tert-OH is 1. The van der Waals surface area contributed by atoms with Gasteiger partial charge in [0.05, 0.1) is 17.8 Å². The second-order valence-corrected chi connectivity index (χ2v) is 6.11. The second kappa shape index (κ2) is 5.52. The highest BCUT2D eigenvalue weighted by molar-refractivity contribution is 6.55. The summed E-state index contributed by atoms with van der Waals surface area (Å²) in [5, 5.41) is 9.50. The van der Waals surface area contributed by atoms with Crippen LogP contribution in [-0.4, -0.2) is 30.0 Å². The highest BCUT2D eigenvalue weighted by Gasteiger charge is 2.52. The molecule has 0 amide bonds. The normalized spacial score (nSPS) is 20.9. The largest absolute Gasteiger partial charge is 0.492 e. The lowest BCUT2D eigenvalue weighted by molar-refractivity contribution is 0.00578. The molecule has 1 aromatic carbocycles. The molecule has 0 aromatic heterocycles. The Balaban J connectivity index is 2.33. The van der Waals surface area contributed by atoms with Crippen LogP contribution < -0.4 is 0 Å². The Labute approximate surface area is 123 Å². The van der Waals surface area contributed by atoms with Crippen molar-refractivity contribution in [2.24, 2.45) is 0 Å². The van der Waals surface area contributed by atoms with Gasteiger partial charge >= 0.3 is 7.12 Å². The number of benzene rings is 1. The highest BCUT2D eigenvalue weighted by atomic mass is 19.2. The third kappa shape index (κ3) is 3.02. The number of hydrogen-bond donors (Lipinski definition) is 1. The van der Waals surface area contributed by atoms with Crippen LogP contribution in [-0.2, 0) is 9.31 Å². The number of hydrogen-bond acceptors (Lipinski definition) is 3. The van der Waals surface area contributed by atoms with E-state index in [0.717, 1.165) is 6.07 Å². The summed E-state index contributed by atoms with van der Waals surface area (Å²) < 4.78 is 38.5. The molecule has 0 unspecified atom stereocenters. The molecule has 1 fully saturated rings. The number of halogens is 2. The molecule has 3 nitrogen and oxygen atoms in total. The van der Waals surface area contributed by atoms with E-state index >= 15 is 0 Å². The maximum Gasteiger partial charge on any atom is 0.492 e. The average molecular weight is 296 g/mol. The van der Waals surface area contributed by atoms with E-state index < -0.39 is 30.0 Å². The summed E-state index contributed by atoms with van der Waals surface area (Å²) in [5.74, 6) is -1.89. The molecule has 6 heteroatoms. The maximum atomic E-state index is 13.7.